The number of piperidine rings is 1. The van der Waals surface area contributed by atoms with Gasteiger partial charge < -0.3 is 10.2 Å². The largest absolute Gasteiger partial charge is 0.341 e. The van der Waals surface area contributed by atoms with Gasteiger partial charge >= 0.3 is 0 Å². The van der Waals surface area contributed by atoms with E-state index in [1.807, 2.05) is 11.1 Å². The zero-order valence-electron chi connectivity index (χ0n) is 12.8. The van der Waals surface area contributed by atoms with E-state index in [1.165, 1.54) is 19.3 Å². The molecule has 0 bridgehead atoms. The maximum absolute atomic E-state index is 12.3. The summed E-state index contributed by atoms with van der Waals surface area (Å²) in [6, 6.07) is 0. The van der Waals surface area contributed by atoms with Crippen molar-refractivity contribution in [1.82, 2.24) is 25.2 Å². The molecule has 1 amide bonds. The molecule has 1 aliphatic heterocycles. The Morgan fingerprint density at radius 1 is 1.43 bits per heavy atom. The van der Waals surface area contributed by atoms with Crippen LogP contribution in [-0.4, -0.2) is 45.4 Å². The lowest BCUT2D eigenvalue weighted by Gasteiger charge is -2.30. The Kier molecular flexibility index (Phi) is 4.53. The lowest BCUT2D eigenvalue weighted by atomic mass is 10.0. The topological polar surface area (TPSA) is 63.1 Å². The van der Waals surface area contributed by atoms with Crippen molar-refractivity contribution in [2.45, 2.75) is 45.7 Å². The number of aromatic nitrogens is 3. The second-order valence-electron chi connectivity index (χ2n) is 6.57. The minimum atomic E-state index is 0.156. The van der Waals surface area contributed by atoms with Crippen molar-refractivity contribution in [2.75, 3.05) is 19.6 Å². The normalized spacial score (nSPS) is 22.5. The number of carbonyl (C=O) groups is 1. The third kappa shape index (κ3) is 4.27. The van der Waals surface area contributed by atoms with E-state index in [4.69, 9.17) is 0 Å². The van der Waals surface area contributed by atoms with Crippen LogP contribution in [0.2, 0.25) is 0 Å². The fourth-order valence-corrected chi connectivity index (χ4v) is 2.88. The van der Waals surface area contributed by atoms with Crippen LogP contribution < -0.4 is 5.32 Å². The molecule has 0 spiro atoms. The summed E-state index contributed by atoms with van der Waals surface area (Å²) in [7, 11) is 0. The molecule has 6 heteroatoms. The van der Waals surface area contributed by atoms with E-state index in [0.717, 1.165) is 44.2 Å². The Bertz CT molecular complexity index is 482. The standard InChI is InChI=1S/C15H25N5O/c1-12-3-2-6-19(9-12)15(21)11-20-10-14(17-18-20)8-16-7-13-4-5-13/h10,12-13,16H,2-9,11H2,1H3. The summed E-state index contributed by atoms with van der Waals surface area (Å²) >= 11 is 0. The minimum Gasteiger partial charge on any atom is -0.341 e. The summed E-state index contributed by atoms with van der Waals surface area (Å²) in [4.78, 5) is 14.2. The van der Waals surface area contributed by atoms with Crippen LogP contribution in [0.4, 0.5) is 0 Å². The van der Waals surface area contributed by atoms with Gasteiger partial charge in [0.1, 0.15) is 6.54 Å². The number of amides is 1. The molecule has 0 aromatic carbocycles. The van der Waals surface area contributed by atoms with E-state index >= 15 is 0 Å². The average molecular weight is 291 g/mol. The molecule has 1 unspecified atom stereocenters. The Balaban J connectivity index is 1.45. The zero-order valence-corrected chi connectivity index (χ0v) is 12.8. The van der Waals surface area contributed by atoms with E-state index in [9.17, 15) is 4.79 Å². The van der Waals surface area contributed by atoms with Crippen molar-refractivity contribution in [3.63, 3.8) is 0 Å². The maximum atomic E-state index is 12.3. The summed E-state index contributed by atoms with van der Waals surface area (Å²) in [5.41, 5.74) is 0.912. The van der Waals surface area contributed by atoms with Crippen LogP contribution in [-0.2, 0) is 17.9 Å². The van der Waals surface area contributed by atoms with Crippen LogP contribution >= 0.6 is 0 Å². The number of rotatable bonds is 6. The van der Waals surface area contributed by atoms with E-state index in [0.29, 0.717) is 12.5 Å². The molecule has 21 heavy (non-hydrogen) atoms. The minimum absolute atomic E-state index is 0.156. The van der Waals surface area contributed by atoms with Crippen LogP contribution in [0, 0.1) is 11.8 Å². The van der Waals surface area contributed by atoms with Crippen LogP contribution in [0.25, 0.3) is 0 Å². The van der Waals surface area contributed by atoms with E-state index in [-0.39, 0.29) is 5.91 Å². The molecule has 6 nitrogen and oxygen atoms in total. The molecule has 1 saturated carbocycles. The highest BCUT2D eigenvalue weighted by molar-refractivity contribution is 5.76. The summed E-state index contributed by atoms with van der Waals surface area (Å²) in [5.74, 6) is 1.63. The Labute approximate surface area is 125 Å². The van der Waals surface area contributed by atoms with Gasteiger partial charge in [-0.25, -0.2) is 4.68 Å². The fraction of sp³-hybridized carbons (Fsp3) is 0.800. The third-order valence-electron chi connectivity index (χ3n) is 4.33. The summed E-state index contributed by atoms with van der Waals surface area (Å²) in [6.45, 7) is 6.08. The molecule has 2 heterocycles. The molecule has 1 saturated heterocycles. The van der Waals surface area contributed by atoms with Crippen molar-refractivity contribution in [3.05, 3.63) is 11.9 Å². The van der Waals surface area contributed by atoms with Gasteiger partial charge in [-0.2, -0.15) is 0 Å². The first-order valence-electron chi connectivity index (χ1n) is 8.08. The molecule has 2 aliphatic rings. The van der Waals surface area contributed by atoms with Crippen LogP contribution in [0.15, 0.2) is 6.20 Å². The molecule has 1 atom stereocenters. The highest BCUT2D eigenvalue weighted by atomic mass is 16.2. The maximum Gasteiger partial charge on any atom is 0.244 e. The first-order chi connectivity index (χ1) is 10.2. The van der Waals surface area contributed by atoms with Gasteiger partial charge in [0, 0.05) is 19.6 Å². The highest BCUT2D eigenvalue weighted by Gasteiger charge is 2.22. The molecule has 3 rings (SSSR count). The van der Waals surface area contributed by atoms with Crippen molar-refractivity contribution in [3.8, 4) is 0 Å². The van der Waals surface area contributed by atoms with Gasteiger partial charge in [0.2, 0.25) is 5.91 Å². The average Bonchev–Trinajstić information content (AvgIpc) is 3.18. The van der Waals surface area contributed by atoms with Gasteiger partial charge in [0.25, 0.3) is 0 Å². The van der Waals surface area contributed by atoms with Gasteiger partial charge in [0.05, 0.1) is 11.9 Å². The molecule has 1 aromatic heterocycles. The van der Waals surface area contributed by atoms with Gasteiger partial charge in [-0.1, -0.05) is 12.1 Å². The van der Waals surface area contributed by atoms with Gasteiger partial charge in [-0.3, -0.25) is 4.79 Å². The smallest absolute Gasteiger partial charge is 0.244 e. The fourth-order valence-electron chi connectivity index (χ4n) is 2.88. The number of nitrogens with one attached hydrogen (secondary N) is 1. The van der Waals surface area contributed by atoms with Crippen LogP contribution in [0.3, 0.4) is 0 Å². The second kappa shape index (κ2) is 6.56. The van der Waals surface area contributed by atoms with Crippen molar-refractivity contribution >= 4 is 5.91 Å². The predicted molar refractivity (Wildman–Crippen MR) is 79.4 cm³/mol. The van der Waals surface area contributed by atoms with Crippen molar-refractivity contribution in [1.29, 1.82) is 0 Å². The summed E-state index contributed by atoms with van der Waals surface area (Å²) in [5, 5.41) is 11.6. The van der Waals surface area contributed by atoms with E-state index in [1.54, 1.807) is 4.68 Å². The molecular formula is C15H25N5O. The van der Waals surface area contributed by atoms with E-state index in [2.05, 4.69) is 22.6 Å². The van der Waals surface area contributed by atoms with Gasteiger partial charge in [-0.15, -0.1) is 5.10 Å². The molecule has 1 aliphatic carbocycles. The Hall–Kier alpha value is -1.43. The lowest BCUT2D eigenvalue weighted by molar-refractivity contribution is -0.133. The number of nitrogens with zero attached hydrogens (tertiary/aromatic N) is 4. The monoisotopic (exact) mass is 291 g/mol. The second-order valence-corrected chi connectivity index (χ2v) is 6.57. The summed E-state index contributed by atoms with van der Waals surface area (Å²) < 4.78 is 1.66. The number of likely N-dealkylation sites (tertiary alicyclic amines) is 1. The molecule has 2 fully saturated rings. The third-order valence-corrected chi connectivity index (χ3v) is 4.33. The number of hydrogen-bond acceptors (Lipinski definition) is 4. The molecular weight excluding hydrogens is 266 g/mol. The van der Waals surface area contributed by atoms with E-state index < -0.39 is 0 Å². The van der Waals surface area contributed by atoms with Crippen LogP contribution in [0.1, 0.15) is 38.3 Å². The van der Waals surface area contributed by atoms with Gasteiger partial charge in [0.15, 0.2) is 0 Å². The SMILES string of the molecule is CC1CCCN(C(=O)Cn2cc(CNCC3CC3)nn2)C1. The molecule has 1 N–H and O–H groups in total. The predicted octanol–water partition coefficient (Wildman–Crippen LogP) is 1.04. The molecule has 1 aromatic rings. The highest BCUT2D eigenvalue weighted by Crippen LogP contribution is 2.27. The molecule has 0 radical (unpaired) electrons. The first-order valence-corrected chi connectivity index (χ1v) is 8.08. The van der Waals surface area contributed by atoms with Crippen LogP contribution in [0.5, 0.6) is 0 Å². The first kappa shape index (κ1) is 14.5. The lowest BCUT2D eigenvalue weighted by Crippen LogP contribution is -2.40. The van der Waals surface area contributed by atoms with Crippen molar-refractivity contribution < 1.29 is 4.79 Å². The quantitative estimate of drug-likeness (QED) is 0.850. The van der Waals surface area contributed by atoms with Crippen molar-refractivity contribution in [2.24, 2.45) is 11.8 Å². The van der Waals surface area contributed by atoms with Gasteiger partial charge in [-0.05, 0) is 44.1 Å². The Morgan fingerprint density at radius 2 is 2.29 bits per heavy atom. The Morgan fingerprint density at radius 3 is 3.05 bits per heavy atom. The number of carbonyl (C=O) groups excluding carboxylic acids is 1. The number of hydrogen-bond donors (Lipinski definition) is 1. The molecule has 116 valence electrons. The zero-order chi connectivity index (χ0) is 14.7. The summed E-state index contributed by atoms with van der Waals surface area (Å²) in [6.07, 6.45) is 6.92.